The minimum atomic E-state index is -0.193. The zero-order valence-electron chi connectivity index (χ0n) is 14.5. The first-order valence-electron chi connectivity index (χ1n) is 8.27. The molecule has 23 heavy (non-hydrogen) atoms. The van der Waals surface area contributed by atoms with E-state index in [9.17, 15) is 9.59 Å². The Kier molecular flexibility index (Phi) is 4.29. The van der Waals surface area contributed by atoms with E-state index >= 15 is 0 Å². The Labute approximate surface area is 137 Å². The van der Waals surface area contributed by atoms with Gasteiger partial charge in [0.2, 0.25) is 0 Å². The van der Waals surface area contributed by atoms with Crippen LogP contribution in [-0.2, 0) is 7.05 Å². The van der Waals surface area contributed by atoms with Crippen LogP contribution in [0.5, 0.6) is 0 Å². The van der Waals surface area contributed by atoms with Crippen LogP contribution < -0.4 is 5.56 Å². The van der Waals surface area contributed by atoms with E-state index in [0.717, 1.165) is 37.4 Å². The average Bonchev–Trinajstić information content (AvgIpc) is 2.55. The fourth-order valence-electron chi connectivity index (χ4n) is 3.60. The molecule has 6 heteroatoms. The minimum Gasteiger partial charge on any atom is -0.336 e. The molecular weight excluding hydrogens is 292 g/mol. The summed E-state index contributed by atoms with van der Waals surface area (Å²) in [4.78, 5) is 32.0. The van der Waals surface area contributed by atoms with Crippen LogP contribution in [0, 0.1) is 13.8 Å². The Morgan fingerprint density at radius 2 is 1.78 bits per heavy atom. The van der Waals surface area contributed by atoms with Gasteiger partial charge in [0.25, 0.3) is 11.5 Å². The van der Waals surface area contributed by atoms with Gasteiger partial charge in [-0.05, 0) is 32.5 Å². The molecule has 0 aliphatic carbocycles. The molecule has 1 aromatic rings. The molecule has 1 atom stereocenters. The van der Waals surface area contributed by atoms with E-state index in [1.807, 2.05) is 18.7 Å². The number of hydrogen-bond acceptors (Lipinski definition) is 4. The third-order valence-corrected chi connectivity index (χ3v) is 5.38. The van der Waals surface area contributed by atoms with Crippen LogP contribution in [0.4, 0.5) is 0 Å². The van der Waals surface area contributed by atoms with E-state index in [2.05, 4.69) is 16.8 Å². The van der Waals surface area contributed by atoms with Gasteiger partial charge in [0.05, 0.1) is 0 Å². The average molecular weight is 318 g/mol. The molecule has 0 saturated carbocycles. The molecular formula is C17H26N4O2. The number of aryl methyl sites for hydroxylation is 1. The molecule has 0 unspecified atom stereocenters. The van der Waals surface area contributed by atoms with Crippen molar-refractivity contribution in [2.45, 2.75) is 19.9 Å². The predicted octanol–water partition coefficient (Wildman–Crippen LogP) is 0.0739. The van der Waals surface area contributed by atoms with Gasteiger partial charge in [-0.1, -0.05) is 0 Å². The van der Waals surface area contributed by atoms with Gasteiger partial charge in [-0.3, -0.25) is 14.5 Å². The van der Waals surface area contributed by atoms with Gasteiger partial charge in [0, 0.05) is 58.1 Å². The van der Waals surface area contributed by atoms with Crippen LogP contribution in [0.3, 0.4) is 0 Å². The lowest BCUT2D eigenvalue weighted by molar-refractivity contribution is 0.0188. The molecule has 6 nitrogen and oxygen atoms in total. The van der Waals surface area contributed by atoms with Gasteiger partial charge in [-0.2, -0.15) is 0 Å². The lowest BCUT2D eigenvalue weighted by Crippen LogP contribution is -2.62. The molecule has 0 N–H and O–H groups in total. The summed E-state index contributed by atoms with van der Waals surface area (Å²) in [5.74, 6) is -0.124. The normalized spacial score (nSPS) is 23.0. The number of likely N-dealkylation sites (N-methyl/N-ethyl adjacent to an activating group) is 1. The maximum atomic E-state index is 12.9. The molecule has 0 radical (unpaired) electrons. The van der Waals surface area contributed by atoms with E-state index in [-0.39, 0.29) is 11.5 Å². The third kappa shape index (κ3) is 2.93. The molecule has 2 saturated heterocycles. The molecule has 3 heterocycles. The summed E-state index contributed by atoms with van der Waals surface area (Å²) in [7, 11) is 3.85. The summed E-state index contributed by atoms with van der Waals surface area (Å²) in [6, 6.07) is 2.13. The van der Waals surface area contributed by atoms with Crippen molar-refractivity contribution in [1.29, 1.82) is 0 Å². The highest BCUT2D eigenvalue weighted by molar-refractivity contribution is 5.94. The highest BCUT2D eigenvalue weighted by atomic mass is 16.2. The molecule has 126 valence electrons. The van der Waals surface area contributed by atoms with Crippen LogP contribution >= 0.6 is 0 Å². The van der Waals surface area contributed by atoms with Gasteiger partial charge in [-0.25, -0.2) is 0 Å². The van der Waals surface area contributed by atoms with E-state index in [4.69, 9.17) is 0 Å². The number of aromatic nitrogens is 1. The summed E-state index contributed by atoms with van der Waals surface area (Å²) >= 11 is 0. The molecule has 0 bridgehead atoms. The fraction of sp³-hybridized carbons (Fsp3) is 0.647. The zero-order chi connectivity index (χ0) is 16.7. The van der Waals surface area contributed by atoms with Crippen LogP contribution in [-0.4, -0.2) is 77.5 Å². The van der Waals surface area contributed by atoms with Crippen LogP contribution in [0.15, 0.2) is 10.9 Å². The van der Waals surface area contributed by atoms with E-state index in [1.165, 1.54) is 0 Å². The van der Waals surface area contributed by atoms with E-state index in [1.54, 1.807) is 17.7 Å². The van der Waals surface area contributed by atoms with Crippen LogP contribution in [0.1, 0.15) is 21.6 Å². The summed E-state index contributed by atoms with van der Waals surface area (Å²) in [5, 5.41) is 0. The van der Waals surface area contributed by atoms with Crippen LogP contribution in [0.2, 0.25) is 0 Å². The van der Waals surface area contributed by atoms with Gasteiger partial charge >= 0.3 is 0 Å². The number of rotatable bonds is 1. The Balaban J connectivity index is 1.83. The molecule has 2 aliphatic heterocycles. The lowest BCUT2D eigenvalue weighted by Gasteiger charge is -2.46. The molecule has 2 fully saturated rings. The number of pyridine rings is 1. The lowest BCUT2D eigenvalue weighted by atomic mass is 10.1. The summed E-state index contributed by atoms with van der Waals surface area (Å²) < 4.78 is 1.58. The Morgan fingerprint density at radius 1 is 1.09 bits per heavy atom. The number of amides is 1. The molecule has 2 aliphatic rings. The maximum absolute atomic E-state index is 12.9. The fourth-order valence-corrected chi connectivity index (χ4v) is 3.60. The zero-order valence-corrected chi connectivity index (χ0v) is 14.5. The molecule has 1 aromatic heterocycles. The number of carbonyl (C=O) groups excluding carboxylic acids is 1. The van der Waals surface area contributed by atoms with Crippen molar-refractivity contribution in [2.75, 3.05) is 46.3 Å². The Bertz CT molecular complexity index is 682. The maximum Gasteiger partial charge on any atom is 0.263 e. The second kappa shape index (κ2) is 6.09. The number of nitrogens with zero attached hydrogens (tertiary/aromatic N) is 4. The van der Waals surface area contributed by atoms with Crippen molar-refractivity contribution in [3.8, 4) is 0 Å². The monoisotopic (exact) mass is 318 g/mol. The van der Waals surface area contributed by atoms with Crippen molar-refractivity contribution >= 4 is 5.91 Å². The number of hydrogen-bond donors (Lipinski definition) is 0. The summed E-state index contributed by atoms with van der Waals surface area (Å²) in [6.45, 7) is 9.29. The first-order valence-corrected chi connectivity index (χ1v) is 8.27. The van der Waals surface area contributed by atoms with Gasteiger partial charge in [-0.15, -0.1) is 0 Å². The van der Waals surface area contributed by atoms with Gasteiger partial charge in [0.1, 0.15) is 5.56 Å². The van der Waals surface area contributed by atoms with Crippen molar-refractivity contribution in [1.82, 2.24) is 19.3 Å². The Morgan fingerprint density at radius 3 is 2.52 bits per heavy atom. The highest BCUT2D eigenvalue weighted by Gasteiger charge is 2.33. The topological polar surface area (TPSA) is 48.8 Å². The SMILES string of the molecule is Cc1cc(C(=O)N2CCN3CCN(C)C[C@@H]3C2)c(=O)n(C)c1C. The van der Waals surface area contributed by atoms with E-state index < -0.39 is 0 Å². The van der Waals surface area contributed by atoms with Gasteiger partial charge in [0.15, 0.2) is 0 Å². The number of piperazine rings is 2. The molecule has 1 amide bonds. The van der Waals surface area contributed by atoms with Crippen molar-refractivity contribution < 1.29 is 4.79 Å². The predicted molar refractivity (Wildman–Crippen MR) is 89.9 cm³/mol. The number of fused-ring (bicyclic) bond motifs is 1. The van der Waals surface area contributed by atoms with E-state index in [0.29, 0.717) is 24.7 Å². The van der Waals surface area contributed by atoms with Crippen molar-refractivity contribution in [3.63, 3.8) is 0 Å². The van der Waals surface area contributed by atoms with Crippen molar-refractivity contribution in [3.05, 3.63) is 33.2 Å². The third-order valence-electron chi connectivity index (χ3n) is 5.38. The number of carbonyl (C=O) groups is 1. The summed E-state index contributed by atoms with van der Waals surface area (Å²) in [5.41, 5.74) is 1.99. The van der Waals surface area contributed by atoms with Crippen molar-refractivity contribution in [2.24, 2.45) is 7.05 Å². The first kappa shape index (κ1) is 16.2. The van der Waals surface area contributed by atoms with Gasteiger partial charge < -0.3 is 14.4 Å². The quantitative estimate of drug-likeness (QED) is 0.735. The largest absolute Gasteiger partial charge is 0.336 e. The second-order valence-electron chi connectivity index (χ2n) is 6.89. The second-order valence-corrected chi connectivity index (χ2v) is 6.89. The summed E-state index contributed by atoms with van der Waals surface area (Å²) in [6.07, 6.45) is 0. The molecule has 3 rings (SSSR count). The smallest absolute Gasteiger partial charge is 0.263 e. The minimum absolute atomic E-state index is 0.124. The molecule has 0 spiro atoms. The first-order chi connectivity index (χ1) is 10.9. The van der Waals surface area contributed by atoms with Crippen LogP contribution in [0.25, 0.3) is 0 Å². The highest BCUT2D eigenvalue weighted by Crippen LogP contribution is 2.17. The Hall–Kier alpha value is -1.66. The standard InChI is InChI=1S/C17H26N4O2/c1-12-9-15(16(22)19(4)13(12)2)17(23)21-8-7-20-6-5-18(3)10-14(20)11-21/h9,14H,5-8,10-11H2,1-4H3/t14-/m1/s1. The molecule has 0 aromatic carbocycles.